The van der Waals surface area contributed by atoms with Gasteiger partial charge in [-0.1, -0.05) is 11.8 Å². The van der Waals surface area contributed by atoms with E-state index in [0.29, 0.717) is 12.0 Å². The minimum atomic E-state index is -0.704. The highest BCUT2D eigenvalue weighted by molar-refractivity contribution is 6.17. The molecule has 104 valence electrons. The summed E-state index contributed by atoms with van der Waals surface area (Å²) in [6, 6.07) is 3.99. The Bertz CT molecular complexity index is 587. The number of rotatable bonds is 2. The van der Waals surface area contributed by atoms with Crippen molar-refractivity contribution < 1.29 is 23.8 Å². The number of hydrogen-bond donors (Lipinski definition) is 1. The third kappa shape index (κ3) is 3.02. The summed E-state index contributed by atoms with van der Waals surface area (Å²) in [5.74, 6) is 3.44. The van der Waals surface area contributed by atoms with Crippen molar-refractivity contribution in [2.45, 2.75) is 6.42 Å². The first-order valence-corrected chi connectivity index (χ1v) is 5.96. The van der Waals surface area contributed by atoms with Crippen LogP contribution in [0.25, 0.3) is 0 Å². The number of anilines is 1. The largest absolute Gasteiger partial charge is 0.395 e. The Morgan fingerprint density at radius 2 is 2.00 bits per heavy atom. The lowest BCUT2D eigenvalue weighted by Gasteiger charge is -2.25. The molecular formula is C14H12FNO4. The summed E-state index contributed by atoms with van der Waals surface area (Å²) in [7, 11) is 0. The molecule has 2 rings (SSSR count). The summed E-state index contributed by atoms with van der Waals surface area (Å²) in [4.78, 5) is 24.0. The Hall–Kier alpha value is -2.23. The predicted octanol–water partition coefficient (Wildman–Crippen LogP) is 0.449. The first-order valence-electron chi connectivity index (χ1n) is 5.96. The molecule has 0 unspecified atom stereocenters. The number of nitrogens with zero attached hydrogens (tertiary/aromatic N) is 1. The molecule has 0 bridgehead atoms. The van der Waals surface area contributed by atoms with Gasteiger partial charge >= 0.3 is 0 Å². The maximum Gasteiger partial charge on any atom is 0.259 e. The van der Waals surface area contributed by atoms with Crippen LogP contribution < -0.4 is 4.90 Å². The molecule has 1 heterocycles. The van der Waals surface area contributed by atoms with Crippen molar-refractivity contribution in [1.82, 2.24) is 0 Å². The van der Waals surface area contributed by atoms with Crippen LogP contribution in [0.15, 0.2) is 18.2 Å². The number of imide groups is 1. The summed E-state index contributed by atoms with van der Waals surface area (Å²) in [5, 5.41) is 8.60. The fourth-order valence-electron chi connectivity index (χ4n) is 1.75. The molecule has 1 aliphatic rings. The predicted molar refractivity (Wildman–Crippen MR) is 68.3 cm³/mol. The molecule has 0 spiro atoms. The molecule has 2 amide bonds. The normalized spacial score (nSPS) is 15.0. The third-order valence-electron chi connectivity index (χ3n) is 2.61. The van der Waals surface area contributed by atoms with Gasteiger partial charge in [-0.25, -0.2) is 9.29 Å². The lowest BCUT2D eigenvalue weighted by Crippen LogP contribution is -2.46. The van der Waals surface area contributed by atoms with Gasteiger partial charge in [-0.15, -0.1) is 0 Å². The van der Waals surface area contributed by atoms with Gasteiger partial charge < -0.3 is 9.84 Å². The van der Waals surface area contributed by atoms with Crippen LogP contribution >= 0.6 is 0 Å². The Balaban J connectivity index is 2.28. The standard InChI is InChI=1S/C14H12FNO4/c15-11-7-10(3-1-2-6-17)4-5-12(11)16-13(18)8-20-9-14(16)19/h4-5,7,17H,2,6,8-9H2. The number of aliphatic hydroxyl groups excluding tert-OH is 1. The summed E-state index contributed by atoms with van der Waals surface area (Å²) in [5.41, 5.74) is 0.309. The molecule has 1 N–H and O–H groups in total. The van der Waals surface area contributed by atoms with Crippen molar-refractivity contribution in [2.75, 3.05) is 24.7 Å². The van der Waals surface area contributed by atoms with Gasteiger partial charge in [-0.2, -0.15) is 0 Å². The molecule has 1 aliphatic heterocycles. The van der Waals surface area contributed by atoms with E-state index >= 15 is 0 Å². The highest BCUT2D eigenvalue weighted by atomic mass is 19.1. The molecule has 1 aromatic rings. The molecular weight excluding hydrogens is 265 g/mol. The number of ether oxygens (including phenoxy) is 1. The number of morpholine rings is 1. The average Bonchev–Trinajstić information content (AvgIpc) is 2.41. The van der Waals surface area contributed by atoms with E-state index in [1.807, 2.05) is 0 Å². The van der Waals surface area contributed by atoms with Crippen LogP contribution in [0, 0.1) is 17.7 Å². The number of carbonyl (C=O) groups excluding carboxylic acids is 2. The van der Waals surface area contributed by atoms with E-state index in [9.17, 15) is 14.0 Å². The van der Waals surface area contributed by atoms with E-state index in [1.165, 1.54) is 12.1 Å². The van der Waals surface area contributed by atoms with E-state index in [4.69, 9.17) is 9.84 Å². The number of benzene rings is 1. The molecule has 1 saturated heterocycles. The van der Waals surface area contributed by atoms with Crippen LogP contribution in [0.1, 0.15) is 12.0 Å². The van der Waals surface area contributed by atoms with Crippen molar-refractivity contribution in [2.24, 2.45) is 0 Å². The van der Waals surface area contributed by atoms with E-state index in [2.05, 4.69) is 11.8 Å². The molecule has 1 aromatic carbocycles. The first kappa shape index (κ1) is 14.2. The zero-order valence-corrected chi connectivity index (χ0v) is 10.6. The fourth-order valence-corrected chi connectivity index (χ4v) is 1.75. The molecule has 5 nitrogen and oxygen atoms in total. The van der Waals surface area contributed by atoms with Crippen molar-refractivity contribution >= 4 is 17.5 Å². The van der Waals surface area contributed by atoms with E-state index in [1.54, 1.807) is 0 Å². The highest BCUT2D eigenvalue weighted by Crippen LogP contribution is 2.22. The number of amides is 2. The summed E-state index contributed by atoms with van der Waals surface area (Å²) in [6.45, 7) is -0.559. The Morgan fingerprint density at radius 1 is 1.30 bits per heavy atom. The van der Waals surface area contributed by atoms with Crippen LogP contribution in [0.2, 0.25) is 0 Å². The minimum Gasteiger partial charge on any atom is -0.395 e. The summed E-state index contributed by atoms with van der Waals surface area (Å²) < 4.78 is 18.8. The Kier molecular flexibility index (Phi) is 4.45. The third-order valence-corrected chi connectivity index (χ3v) is 2.61. The van der Waals surface area contributed by atoms with E-state index in [-0.39, 0.29) is 25.5 Å². The van der Waals surface area contributed by atoms with E-state index in [0.717, 1.165) is 11.0 Å². The van der Waals surface area contributed by atoms with Crippen LogP contribution in [-0.2, 0) is 14.3 Å². The summed E-state index contributed by atoms with van der Waals surface area (Å²) in [6.07, 6.45) is 0.295. The fraction of sp³-hybridized carbons (Fsp3) is 0.286. The summed E-state index contributed by atoms with van der Waals surface area (Å²) >= 11 is 0. The lowest BCUT2D eigenvalue weighted by atomic mass is 10.1. The lowest BCUT2D eigenvalue weighted by molar-refractivity contribution is -0.138. The molecule has 0 atom stereocenters. The van der Waals surface area contributed by atoms with Gasteiger partial charge in [0, 0.05) is 12.0 Å². The SMILES string of the molecule is O=C1COCC(=O)N1c1ccc(C#CCCO)cc1F. The van der Waals surface area contributed by atoms with Crippen molar-refractivity contribution in [1.29, 1.82) is 0 Å². The Labute approximate surface area is 115 Å². The molecule has 1 fully saturated rings. The van der Waals surface area contributed by atoms with Gasteiger partial charge in [0.15, 0.2) is 0 Å². The zero-order valence-electron chi connectivity index (χ0n) is 10.6. The second kappa shape index (κ2) is 6.28. The topological polar surface area (TPSA) is 66.8 Å². The average molecular weight is 277 g/mol. The molecule has 0 saturated carbocycles. The van der Waals surface area contributed by atoms with Gasteiger partial charge in [-0.3, -0.25) is 9.59 Å². The van der Waals surface area contributed by atoms with Gasteiger partial charge in [0.1, 0.15) is 19.0 Å². The van der Waals surface area contributed by atoms with Crippen molar-refractivity contribution in [3.05, 3.63) is 29.6 Å². The maximum atomic E-state index is 14.0. The van der Waals surface area contributed by atoms with Crippen LogP contribution in [0.5, 0.6) is 0 Å². The zero-order chi connectivity index (χ0) is 14.5. The molecule has 20 heavy (non-hydrogen) atoms. The second-order valence-electron chi connectivity index (χ2n) is 4.06. The number of halogens is 1. The molecule has 0 radical (unpaired) electrons. The number of hydrogen-bond acceptors (Lipinski definition) is 4. The molecule has 0 aromatic heterocycles. The maximum absolute atomic E-state index is 14.0. The number of carbonyl (C=O) groups is 2. The van der Waals surface area contributed by atoms with E-state index < -0.39 is 17.6 Å². The first-order chi connectivity index (χ1) is 9.63. The monoisotopic (exact) mass is 277 g/mol. The molecule has 6 heteroatoms. The van der Waals surface area contributed by atoms with Crippen LogP contribution in [0.4, 0.5) is 10.1 Å². The second-order valence-corrected chi connectivity index (χ2v) is 4.06. The Morgan fingerprint density at radius 3 is 2.60 bits per heavy atom. The van der Waals surface area contributed by atoms with Gasteiger partial charge in [-0.05, 0) is 18.2 Å². The smallest absolute Gasteiger partial charge is 0.259 e. The quantitative estimate of drug-likeness (QED) is 0.629. The van der Waals surface area contributed by atoms with Crippen LogP contribution in [-0.4, -0.2) is 36.7 Å². The number of aliphatic hydroxyl groups is 1. The minimum absolute atomic E-state index is 0.0651. The van der Waals surface area contributed by atoms with Gasteiger partial charge in [0.05, 0.1) is 12.3 Å². The van der Waals surface area contributed by atoms with Gasteiger partial charge in [0.25, 0.3) is 11.8 Å². The molecule has 0 aliphatic carbocycles. The van der Waals surface area contributed by atoms with Crippen LogP contribution in [0.3, 0.4) is 0 Å². The van der Waals surface area contributed by atoms with Crippen molar-refractivity contribution in [3.63, 3.8) is 0 Å². The highest BCUT2D eigenvalue weighted by Gasteiger charge is 2.30. The van der Waals surface area contributed by atoms with Crippen molar-refractivity contribution in [3.8, 4) is 11.8 Å². The van der Waals surface area contributed by atoms with Gasteiger partial charge in [0.2, 0.25) is 0 Å².